The summed E-state index contributed by atoms with van der Waals surface area (Å²) in [6.07, 6.45) is 0.631. The Hall–Kier alpha value is -2.40. The van der Waals surface area contributed by atoms with Crippen LogP contribution in [0.4, 0.5) is 0 Å². The quantitative estimate of drug-likeness (QED) is 0.742. The molecule has 3 N–H and O–H groups in total. The zero-order chi connectivity index (χ0) is 13.2. The summed E-state index contributed by atoms with van der Waals surface area (Å²) in [6, 6.07) is 12.8. The third-order valence-electron chi connectivity index (χ3n) is 2.99. The van der Waals surface area contributed by atoms with Crippen molar-refractivity contribution in [1.29, 1.82) is 0 Å². The molecule has 5 nitrogen and oxygen atoms in total. The van der Waals surface area contributed by atoms with Gasteiger partial charge in [-0.1, -0.05) is 18.2 Å². The van der Waals surface area contributed by atoms with Gasteiger partial charge < -0.3 is 10.8 Å². The standard InChI is InChI=1S/C14H14N4O/c15-9-11-2-1-3-14-16-13(17-18(11)14)8-10-4-6-12(19)7-5-10/h1-7,19H,8-9,15H2. The van der Waals surface area contributed by atoms with E-state index in [9.17, 15) is 5.11 Å². The molecule has 2 aromatic heterocycles. The van der Waals surface area contributed by atoms with Gasteiger partial charge in [0.05, 0.1) is 5.69 Å². The number of rotatable bonds is 3. The molecule has 5 heteroatoms. The highest BCUT2D eigenvalue weighted by molar-refractivity contribution is 5.39. The minimum absolute atomic E-state index is 0.261. The lowest BCUT2D eigenvalue weighted by molar-refractivity contribution is 0.475. The summed E-state index contributed by atoms with van der Waals surface area (Å²) in [5, 5.41) is 13.7. The van der Waals surface area contributed by atoms with E-state index in [1.807, 2.05) is 30.3 Å². The van der Waals surface area contributed by atoms with E-state index < -0.39 is 0 Å². The van der Waals surface area contributed by atoms with E-state index in [0.717, 1.165) is 22.7 Å². The van der Waals surface area contributed by atoms with Crippen molar-refractivity contribution in [2.24, 2.45) is 5.73 Å². The minimum Gasteiger partial charge on any atom is -0.508 e. The van der Waals surface area contributed by atoms with Crippen LogP contribution in [0.5, 0.6) is 5.75 Å². The molecule has 0 spiro atoms. The van der Waals surface area contributed by atoms with E-state index >= 15 is 0 Å². The van der Waals surface area contributed by atoms with Gasteiger partial charge in [0.25, 0.3) is 0 Å². The molecule has 3 aromatic rings. The number of hydrogen-bond donors (Lipinski definition) is 2. The normalized spacial score (nSPS) is 11.0. The Kier molecular flexibility index (Phi) is 2.89. The SMILES string of the molecule is NCc1cccc2nc(Cc3ccc(O)cc3)nn12. The van der Waals surface area contributed by atoms with Crippen molar-refractivity contribution >= 4 is 5.65 Å². The van der Waals surface area contributed by atoms with Crippen LogP contribution in [0.15, 0.2) is 42.5 Å². The van der Waals surface area contributed by atoms with Crippen LogP contribution in [0.1, 0.15) is 17.1 Å². The summed E-state index contributed by atoms with van der Waals surface area (Å²) in [7, 11) is 0. The topological polar surface area (TPSA) is 76.4 Å². The number of nitrogens with zero attached hydrogens (tertiary/aromatic N) is 3. The predicted molar refractivity (Wildman–Crippen MR) is 71.8 cm³/mol. The Morgan fingerprint density at radius 3 is 2.63 bits per heavy atom. The number of aromatic hydroxyl groups is 1. The summed E-state index contributed by atoms with van der Waals surface area (Å²) in [5.41, 5.74) is 8.47. The lowest BCUT2D eigenvalue weighted by Crippen LogP contribution is -2.04. The first-order chi connectivity index (χ1) is 9.26. The zero-order valence-electron chi connectivity index (χ0n) is 10.3. The highest BCUT2D eigenvalue weighted by Crippen LogP contribution is 2.13. The first-order valence-electron chi connectivity index (χ1n) is 6.08. The average molecular weight is 254 g/mol. The Morgan fingerprint density at radius 2 is 1.89 bits per heavy atom. The molecule has 3 rings (SSSR count). The Bertz CT molecular complexity index is 703. The summed E-state index contributed by atoms with van der Waals surface area (Å²) in [5.74, 6) is 1.00. The van der Waals surface area contributed by atoms with Crippen LogP contribution in [0, 0.1) is 0 Å². The maximum atomic E-state index is 9.26. The molecule has 0 aliphatic rings. The molecular formula is C14H14N4O. The summed E-state index contributed by atoms with van der Waals surface area (Å²) in [4.78, 5) is 4.47. The maximum Gasteiger partial charge on any atom is 0.156 e. The highest BCUT2D eigenvalue weighted by Gasteiger charge is 2.07. The second kappa shape index (κ2) is 4.70. The first kappa shape index (κ1) is 11.7. The van der Waals surface area contributed by atoms with Crippen LogP contribution in [0.2, 0.25) is 0 Å². The van der Waals surface area contributed by atoms with Crippen molar-refractivity contribution in [3.05, 3.63) is 59.5 Å². The molecular weight excluding hydrogens is 240 g/mol. The fourth-order valence-electron chi connectivity index (χ4n) is 2.03. The van der Waals surface area contributed by atoms with Crippen molar-refractivity contribution in [2.75, 3.05) is 0 Å². The molecule has 2 heterocycles. The average Bonchev–Trinajstić information content (AvgIpc) is 2.83. The third-order valence-corrected chi connectivity index (χ3v) is 2.99. The van der Waals surface area contributed by atoms with Gasteiger partial charge in [0, 0.05) is 13.0 Å². The van der Waals surface area contributed by atoms with Gasteiger partial charge in [0.2, 0.25) is 0 Å². The van der Waals surface area contributed by atoms with Crippen LogP contribution in [-0.2, 0) is 13.0 Å². The number of phenols is 1. The molecule has 0 unspecified atom stereocenters. The molecule has 96 valence electrons. The number of benzene rings is 1. The zero-order valence-corrected chi connectivity index (χ0v) is 10.3. The molecule has 1 aromatic carbocycles. The summed E-state index contributed by atoms with van der Waals surface area (Å²) < 4.78 is 1.77. The molecule has 0 aliphatic heterocycles. The van der Waals surface area contributed by atoms with Crippen molar-refractivity contribution < 1.29 is 5.11 Å². The first-order valence-corrected chi connectivity index (χ1v) is 6.08. The number of fused-ring (bicyclic) bond motifs is 1. The lowest BCUT2D eigenvalue weighted by Gasteiger charge is -1.98. The van der Waals surface area contributed by atoms with E-state index in [2.05, 4.69) is 10.1 Å². The Balaban J connectivity index is 1.95. The largest absolute Gasteiger partial charge is 0.508 e. The van der Waals surface area contributed by atoms with E-state index in [1.165, 1.54) is 0 Å². The minimum atomic E-state index is 0.261. The molecule has 0 fully saturated rings. The van der Waals surface area contributed by atoms with Crippen LogP contribution in [0.3, 0.4) is 0 Å². The molecule has 19 heavy (non-hydrogen) atoms. The Morgan fingerprint density at radius 1 is 1.11 bits per heavy atom. The Labute approximate surface area is 110 Å². The summed E-state index contributed by atoms with van der Waals surface area (Å²) in [6.45, 7) is 0.430. The van der Waals surface area contributed by atoms with Gasteiger partial charge in [-0.05, 0) is 29.8 Å². The number of pyridine rings is 1. The van der Waals surface area contributed by atoms with Crippen molar-refractivity contribution in [2.45, 2.75) is 13.0 Å². The van der Waals surface area contributed by atoms with Crippen LogP contribution in [0.25, 0.3) is 5.65 Å². The van der Waals surface area contributed by atoms with E-state index in [4.69, 9.17) is 5.73 Å². The molecule has 0 saturated carbocycles. The predicted octanol–water partition coefficient (Wildman–Crippen LogP) is 1.48. The highest BCUT2D eigenvalue weighted by atomic mass is 16.3. The van der Waals surface area contributed by atoms with E-state index in [0.29, 0.717) is 13.0 Å². The molecule has 0 bridgehead atoms. The van der Waals surface area contributed by atoms with Gasteiger partial charge in [0.1, 0.15) is 5.75 Å². The fourth-order valence-corrected chi connectivity index (χ4v) is 2.03. The molecule has 0 atom stereocenters. The number of phenolic OH excluding ortho intramolecular Hbond substituents is 1. The van der Waals surface area contributed by atoms with Crippen molar-refractivity contribution in [1.82, 2.24) is 14.6 Å². The number of nitrogens with two attached hydrogens (primary N) is 1. The number of hydrogen-bond acceptors (Lipinski definition) is 4. The van der Waals surface area contributed by atoms with Gasteiger partial charge in [-0.25, -0.2) is 9.50 Å². The molecule has 0 radical (unpaired) electrons. The van der Waals surface area contributed by atoms with Crippen LogP contribution < -0.4 is 5.73 Å². The molecule has 0 saturated heterocycles. The van der Waals surface area contributed by atoms with E-state index in [1.54, 1.807) is 16.6 Å². The van der Waals surface area contributed by atoms with Gasteiger partial charge in [-0.15, -0.1) is 0 Å². The number of aromatic nitrogens is 3. The van der Waals surface area contributed by atoms with Gasteiger partial charge in [-0.2, -0.15) is 5.10 Å². The van der Waals surface area contributed by atoms with Crippen LogP contribution >= 0.6 is 0 Å². The second-order valence-corrected chi connectivity index (χ2v) is 4.36. The second-order valence-electron chi connectivity index (χ2n) is 4.36. The monoisotopic (exact) mass is 254 g/mol. The van der Waals surface area contributed by atoms with Crippen molar-refractivity contribution in [3.8, 4) is 5.75 Å². The van der Waals surface area contributed by atoms with Crippen molar-refractivity contribution in [3.63, 3.8) is 0 Å². The van der Waals surface area contributed by atoms with Gasteiger partial charge in [0.15, 0.2) is 11.5 Å². The molecule has 0 amide bonds. The third kappa shape index (κ3) is 2.28. The summed E-state index contributed by atoms with van der Waals surface area (Å²) >= 11 is 0. The maximum absolute atomic E-state index is 9.26. The fraction of sp³-hybridized carbons (Fsp3) is 0.143. The lowest BCUT2D eigenvalue weighted by atomic mass is 10.1. The van der Waals surface area contributed by atoms with Gasteiger partial charge in [-0.3, -0.25) is 0 Å². The smallest absolute Gasteiger partial charge is 0.156 e. The molecule has 0 aliphatic carbocycles. The van der Waals surface area contributed by atoms with E-state index in [-0.39, 0.29) is 5.75 Å². The van der Waals surface area contributed by atoms with Gasteiger partial charge >= 0.3 is 0 Å². The van der Waals surface area contributed by atoms with Crippen LogP contribution in [-0.4, -0.2) is 19.7 Å².